The van der Waals surface area contributed by atoms with Crippen LogP contribution in [0.5, 0.6) is 11.6 Å². The summed E-state index contributed by atoms with van der Waals surface area (Å²) in [6.07, 6.45) is 2.04. The smallest absolute Gasteiger partial charge is 0.254 e. The summed E-state index contributed by atoms with van der Waals surface area (Å²) in [5.74, 6) is 1.00. The van der Waals surface area contributed by atoms with E-state index in [9.17, 15) is 9.90 Å². The highest BCUT2D eigenvalue weighted by Gasteiger charge is 2.34. The lowest BCUT2D eigenvalue weighted by molar-refractivity contribution is 0.0995. The van der Waals surface area contributed by atoms with Gasteiger partial charge in [0.1, 0.15) is 22.8 Å². The molecule has 0 aliphatic carbocycles. The maximum absolute atomic E-state index is 11.6. The van der Waals surface area contributed by atoms with Gasteiger partial charge in [-0.25, -0.2) is 4.98 Å². The van der Waals surface area contributed by atoms with Crippen molar-refractivity contribution in [3.63, 3.8) is 0 Å². The second-order valence-corrected chi connectivity index (χ2v) is 5.68. The van der Waals surface area contributed by atoms with Crippen LogP contribution in [0.2, 0.25) is 0 Å². The van der Waals surface area contributed by atoms with E-state index in [-0.39, 0.29) is 11.4 Å². The molecule has 9 heteroatoms. The fraction of sp³-hybridized carbons (Fsp3) is 0.312. The zero-order chi connectivity index (χ0) is 17.4. The van der Waals surface area contributed by atoms with Gasteiger partial charge in [0, 0.05) is 12.3 Å². The Kier molecular flexibility index (Phi) is 3.77. The van der Waals surface area contributed by atoms with Crippen LogP contribution >= 0.6 is 0 Å². The van der Waals surface area contributed by atoms with Gasteiger partial charge in [-0.2, -0.15) is 4.98 Å². The number of anilines is 3. The SMILES string of the molecule is NC(=O)c1ccc2nc1OCCCCOc1ccnc3c1N2C(O)N3. The summed E-state index contributed by atoms with van der Waals surface area (Å²) < 4.78 is 11.5. The van der Waals surface area contributed by atoms with Gasteiger partial charge in [0.25, 0.3) is 5.91 Å². The number of hydrogen-bond acceptors (Lipinski definition) is 8. The first-order valence-corrected chi connectivity index (χ1v) is 7.94. The Morgan fingerprint density at radius 1 is 1.28 bits per heavy atom. The Morgan fingerprint density at radius 2 is 2.08 bits per heavy atom. The molecule has 2 aromatic rings. The summed E-state index contributed by atoms with van der Waals surface area (Å²) in [6, 6.07) is 4.87. The number of carbonyl (C=O) groups is 1. The molecule has 1 unspecified atom stereocenters. The summed E-state index contributed by atoms with van der Waals surface area (Å²) in [6.45, 7) is 0.878. The van der Waals surface area contributed by atoms with Crippen molar-refractivity contribution >= 4 is 23.2 Å². The number of primary amides is 1. The number of nitrogens with two attached hydrogens (primary N) is 1. The highest BCUT2D eigenvalue weighted by atomic mass is 16.5. The van der Waals surface area contributed by atoms with E-state index in [1.807, 2.05) is 0 Å². The minimum Gasteiger partial charge on any atom is -0.491 e. The van der Waals surface area contributed by atoms with Gasteiger partial charge in [-0.05, 0) is 25.0 Å². The number of carbonyl (C=O) groups excluding carboxylic acids is 1. The van der Waals surface area contributed by atoms with Crippen LogP contribution in [0.1, 0.15) is 23.2 Å². The van der Waals surface area contributed by atoms with Gasteiger partial charge in [-0.3, -0.25) is 9.69 Å². The second kappa shape index (κ2) is 6.10. The van der Waals surface area contributed by atoms with Crippen LogP contribution in [-0.4, -0.2) is 40.5 Å². The number of nitrogens with one attached hydrogen (secondary N) is 1. The van der Waals surface area contributed by atoms with Crippen LogP contribution in [0.3, 0.4) is 0 Å². The highest BCUT2D eigenvalue weighted by Crippen LogP contribution is 2.44. The lowest BCUT2D eigenvalue weighted by Gasteiger charge is -2.24. The molecule has 9 nitrogen and oxygen atoms in total. The third-order valence-corrected chi connectivity index (χ3v) is 4.03. The van der Waals surface area contributed by atoms with Crippen LogP contribution in [0.4, 0.5) is 17.3 Å². The Hall–Kier alpha value is -3.07. The lowest BCUT2D eigenvalue weighted by atomic mass is 10.2. The predicted octanol–water partition coefficient (Wildman–Crippen LogP) is 0.966. The van der Waals surface area contributed by atoms with Crippen molar-refractivity contribution in [3.8, 4) is 11.6 Å². The standard InChI is InChI=1S/C16H17N5O4/c17-13(22)9-3-4-11-19-15(9)25-8-2-1-7-24-10-5-6-18-14-12(10)21(11)16(23)20-14/h3-6,16,23H,1-2,7-8H2,(H2,17,22)(H,18,20). The molecule has 0 saturated heterocycles. The molecule has 0 fully saturated rings. The van der Waals surface area contributed by atoms with Gasteiger partial charge < -0.3 is 25.6 Å². The van der Waals surface area contributed by atoms with E-state index < -0.39 is 12.3 Å². The van der Waals surface area contributed by atoms with E-state index >= 15 is 0 Å². The zero-order valence-corrected chi connectivity index (χ0v) is 13.3. The largest absolute Gasteiger partial charge is 0.491 e. The van der Waals surface area contributed by atoms with Gasteiger partial charge in [-0.15, -0.1) is 0 Å². The molecular formula is C16H17N5O4. The van der Waals surface area contributed by atoms with E-state index in [2.05, 4.69) is 15.3 Å². The molecule has 130 valence electrons. The lowest BCUT2D eigenvalue weighted by Crippen LogP contribution is -2.32. The molecule has 4 heterocycles. The van der Waals surface area contributed by atoms with E-state index in [0.717, 1.165) is 12.8 Å². The Morgan fingerprint density at radius 3 is 2.88 bits per heavy atom. The maximum Gasteiger partial charge on any atom is 0.254 e. The van der Waals surface area contributed by atoms with Gasteiger partial charge in [0.15, 0.2) is 5.82 Å². The number of aliphatic hydroxyl groups is 1. The number of fused-ring (bicyclic) bond motifs is 3. The third kappa shape index (κ3) is 2.68. The number of nitrogens with zero attached hydrogens (tertiary/aromatic N) is 3. The first-order chi connectivity index (χ1) is 12.1. The summed E-state index contributed by atoms with van der Waals surface area (Å²) in [5.41, 5.74) is 6.18. The van der Waals surface area contributed by atoms with Gasteiger partial charge in [0.2, 0.25) is 12.2 Å². The van der Waals surface area contributed by atoms with Crippen LogP contribution in [-0.2, 0) is 0 Å². The molecule has 0 spiro atoms. The molecule has 4 N–H and O–H groups in total. The molecule has 2 aliphatic rings. The zero-order valence-electron chi connectivity index (χ0n) is 13.3. The van der Waals surface area contributed by atoms with Crippen molar-refractivity contribution < 1.29 is 19.4 Å². The number of rotatable bonds is 1. The Labute approximate surface area is 143 Å². The molecule has 2 aromatic heterocycles. The minimum absolute atomic E-state index is 0.151. The molecule has 0 saturated carbocycles. The third-order valence-electron chi connectivity index (χ3n) is 4.03. The van der Waals surface area contributed by atoms with Crippen LogP contribution in [0.15, 0.2) is 24.4 Å². The quantitative estimate of drug-likeness (QED) is 0.700. The van der Waals surface area contributed by atoms with Crippen molar-refractivity contribution in [2.24, 2.45) is 5.73 Å². The van der Waals surface area contributed by atoms with E-state index in [1.165, 1.54) is 11.0 Å². The molecule has 4 rings (SSSR count). The highest BCUT2D eigenvalue weighted by molar-refractivity contribution is 5.95. The minimum atomic E-state index is -1.07. The Bertz CT molecular complexity index is 828. The number of hydrogen-bond donors (Lipinski definition) is 3. The van der Waals surface area contributed by atoms with Gasteiger partial charge in [-0.1, -0.05) is 0 Å². The number of pyridine rings is 2. The fourth-order valence-corrected chi connectivity index (χ4v) is 2.86. The topological polar surface area (TPSA) is 123 Å². The number of aliphatic hydroxyl groups excluding tert-OH is 1. The average Bonchev–Trinajstić information content (AvgIpc) is 2.93. The average molecular weight is 343 g/mol. The normalized spacial score (nSPS) is 18.8. The van der Waals surface area contributed by atoms with E-state index in [4.69, 9.17) is 15.2 Å². The molecule has 1 amide bonds. The predicted molar refractivity (Wildman–Crippen MR) is 89.0 cm³/mol. The number of aromatic nitrogens is 2. The molecule has 0 radical (unpaired) electrons. The second-order valence-electron chi connectivity index (χ2n) is 5.68. The summed E-state index contributed by atoms with van der Waals surface area (Å²) in [7, 11) is 0. The molecule has 2 bridgehead atoms. The molecule has 0 aromatic carbocycles. The van der Waals surface area contributed by atoms with E-state index in [0.29, 0.717) is 36.3 Å². The van der Waals surface area contributed by atoms with E-state index in [1.54, 1.807) is 18.3 Å². The first-order valence-electron chi connectivity index (χ1n) is 7.94. The molecular weight excluding hydrogens is 326 g/mol. The first kappa shape index (κ1) is 15.5. The number of amides is 1. The van der Waals surface area contributed by atoms with Crippen LogP contribution in [0, 0.1) is 0 Å². The maximum atomic E-state index is 11.6. The monoisotopic (exact) mass is 343 g/mol. The summed E-state index contributed by atoms with van der Waals surface area (Å²) >= 11 is 0. The van der Waals surface area contributed by atoms with Crippen LogP contribution in [0.25, 0.3) is 0 Å². The molecule has 1 atom stereocenters. The van der Waals surface area contributed by atoms with Gasteiger partial charge in [0.05, 0.1) is 13.2 Å². The van der Waals surface area contributed by atoms with Crippen molar-refractivity contribution in [2.75, 3.05) is 23.4 Å². The van der Waals surface area contributed by atoms with Crippen molar-refractivity contribution in [2.45, 2.75) is 19.2 Å². The molecule has 25 heavy (non-hydrogen) atoms. The van der Waals surface area contributed by atoms with Gasteiger partial charge >= 0.3 is 0 Å². The van der Waals surface area contributed by atoms with Crippen molar-refractivity contribution in [1.29, 1.82) is 0 Å². The van der Waals surface area contributed by atoms with Crippen LogP contribution < -0.4 is 25.4 Å². The summed E-state index contributed by atoms with van der Waals surface area (Å²) in [5, 5.41) is 13.3. The number of ether oxygens (including phenoxy) is 2. The fourth-order valence-electron chi connectivity index (χ4n) is 2.86. The Balaban J connectivity index is 1.87. The summed E-state index contributed by atoms with van der Waals surface area (Å²) in [4.78, 5) is 21.8. The van der Waals surface area contributed by atoms with Crippen molar-refractivity contribution in [3.05, 3.63) is 30.0 Å². The van der Waals surface area contributed by atoms with Crippen molar-refractivity contribution in [1.82, 2.24) is 9.97 Å². The molecule has 2 aliphatic heterocycles.